The van der Waals surface area contributed by atoms with Crippen LogP contribution in [-0.4, -0.2) is 37.5 Å². The Morgan fingerprint density at radius 3 is 2.41 bits per heavy atom. The first-order valence-corrected chi connectivity index (χ1v) is 11.6. The van der Waals surface area contributed by atoms with Crippen LogP contribution in [0.2, 0.25) is 0 Å². The van der Waals surface area contributed by atoms with Crippen molar-refractivity contribution >= 4 is 27.3 Å². The second-order valence-corrected chi connectivity index (χ2v) is 9.38. The number of fused-ring (bicyclic) bond motifs is 1. The standard InChI is InChI=1S/C23H23N3O5S/c27-23(24-14-13-18-7-4-5-8-19(18)16-24)17-25(20-9-6-10-21(15-20)26(28)29)32(30,31)22-11-2-1-3-12-22/h1-12,15,26,28H,13-14,16-17H2. The van der Waals surface area contributed by atoms with Gasteiger partial charge in [0.15, 0.2) is 5.69 Å². The van der Waals surface area contributed by atoms with Crippen molar-refractivity contribution in [3.8, 4) is 0 Å². The Hall–Kier alpha value is -3.24. The molecule has 3 aromatic rings. The van der Waals surface area contributed by atoms with Crippen LogP contribution in [0.5, 0.6) is 0 Å². The second kappa shape index (κ2) is 9.09. The number of carbonyl (C=O) groups excluding carboxylic acids is 1. The summed E-state index contributed by atoms with van der Waals surface area (Å²) < 4.78 is 27.9. The van der Waals surface area contributed by atoms with Crippen molar-refractivity contribution in [3.63, 3.8) is 0 Å². The lowest BCUT2D eigenvalue weighted by Crippen LogP contribution is -2.99. The molecule has 0 bridgehead atoms. The van der Waals surface area contributed by atoms with Gasteiger partial charge >= 0.3 is 0 Å². The van der Waals surface area contributed by atoms with E-state index in [1.165, 1.54) is 42.0 Å². The maximum Gasteiger partial charge on any atom is 0.264 e. The Morgan fingerprint density at radius 1 is 1.00 bits per heavy atom. The first-order chi connectivity index (χ1) is 15.4. The Labute approximate surface area is 186 Å². The molecule has 8 nitrogen and oxygen atoms in total. The van der Waals surface area contributed by atoms with Gasteiger partial charge in [0.1, 0.15) is 6.54 Å². The van der Waals surface area contributed by atoms with Crippen molar-refractivity contribution < 1.29 is 23.6 Å². The summed E-state index contributed by atoms with van der Waals surface area (Å²) in [5.41, 5.74) is 2.28. The molecule has 3 aromatic carbocycles. The van der Waals surface area contributed by atoms with Crippen LogP contribution >= 0.6 is 0 Å². The minimum atomic E-state index is -4.10. The van der Waals surface area contributed by atoms with Crippen molar-refractivity contribution in [3.05, 3.63) is 95.2 Å². The molecule has 4 rings (SSSR count). The van der Waals surface area contributed by atoms with Gasteiger partial charge in [0, 0.05) is 25.2 Å². The quantitative estimate of drug-likeness (QED) is 0.555. The topological polar surface area (TPSA) is 105 Å². The molecule has 1 aliphatic heterocycles. The minimum absolute atomic E-state index is 0.0255. The fourth-order valence-electron chi connectivity index (χ4n) is 3.76. The maximum absolute atomic E-state index is 13.4. The summed E-state index contributed by atoms with van der Waals surface area (Å²) in [6.45, 7) is 0.468. The molecule has 1 atom stereocenters. The Balaban J connectivity index is 1.67. The molecule has 9 heteroatoms. The molecule has 1 amide bonds. The van der Waals surface area contributed by atoms with Crippen LogP contribution in [0.3, 0.4) is 0 Å². The third-order valence-electron chi connectivity index (χ3n) is 5.47. The van der Waals surface area contributed by atoms with Crippen molar-refractivity contribution in [1.82, 2.24) is 4.90 Å². The van der Waals surface area contributed by atoms with Crippen molar-refractivity contribution in [2.45, 2.75) is 17.9 Å². The molecule has 1 heterocycles. The summed E-state index contributed by atoms with van der Waals surface area (Å²) in [4.78, 5) is 14.9. The third-order valence-corrected chi connectivity index (χ3v) is 7.26. The Kier molecular flexibility index (Phi) is 6.24. The van der Waals surface area contributed by atoms with Gasteiger partial charge in [0.05, 0.1) is 10.6 Å². The van der Waals surface area contributed by atoms with Gasteiger partial charge in [-0.25, -0.2) is 13.6 Å². The van der Waals surface area contributed by atoms with E-state index in [2.05, 4.69) is 0 Å². The van der Waals surface area contributed by atoms with Crippen LogP contribution in [0.4, 0.5) is 11.4 Å². The minimum Gasteiger partial charge on any atom is -0.595 e. The number of hydrogen-bond donors (Lipinski definition) is 2. The summed E-state index contributed by atoms with van der Waals surface area (Å²) in [6.07, 6.45) is 0.696. The summed E-state index contributed by atoms with van der Waals surface area (Å²) in [5.74, 6) is -0.347. The van der Waals surface area contributed by atoms with Gasteiger partial charge in [-0.15, -0.1) is 0 Å². The number of carbonyl (C=O) groups is 1. The highest BCUT2D eigenvalue weighted by atomic mass is 32.2. The van der Waals surface area contributed by atoms with Crippen molar-refractivity contribution in [2.24, 2.45) is 0 Å². The predicted molar refractivity (Wildman–Crippen MR) is 119 cm³/mol. The molecular weight excluding hydrogens is 430 g/mol. The maximum atomic E-state index is 13.4. The SMILES string of the molecule is O=C(CN(c1cccc([NH+]([O-])O)c1)S(=O)(=O)c1ccccc1)N1CCc2ccccc2C1. The zero-order valence-corrected chi connectivity index (χ0v) is 18.0. The number of nitrogens with one attached hydrogen (secondary N) is 1. The number of nitrogens with zero attached hydrogens (tertiary/aromatic N) is 2. The van der Waals surface area contributed by atoms with E-state index >= 15 is 0 Å². The average Bonchev–Trinajstić information content (AvgIpc) is 2.82. The van der Waals surface area contributed by atoms with Crippen LogP contribution in [-0.2, 0) is 27.8 Å². The molecule has 0 aromatic heterocycles. The van der Waals surface area contributed by atoms with Gasteiger partial charge in [0.25, 0.3) is 10.0 Å². The molecule has 0 saturated heterocycles. The van der Waals surface area contributed by atoms with Crippen LogP contribution in [0.25, 0.3) is 0 Å². The molecule has 0 spiro atoms. The molecule has 0 aliphatic carbocycles. The van der Waals surface area contributed by atoms with Crippen LogP contribution in [0, 0.1) is 5.21 Å². The summed E-state index contributed by atoms with van der Waals surface area (Å²) in [7, 11) is -4.10. The Morgan fingerprint density at radius 2 is 1.69 bits per heavy atom. The lowest BCUT2D eigenvalue weighted by Gasteiger charge is -2.32. The summed E-state index contributed by atoms with van der Waals surface area (Å²) in [6, 6.07) is 21.3. The molecule has 2 N–H and O–H groups in total. The van der Waals surface area contributed by atoms with Crippen LogP contribution in [0.15, 0.2) is 83.8 Å². The fourth-order valence-corrected chi connectivity index (χ4v) is 5.19. The molecule has 0 radical (unpaired) electrons. The second-order valence-electron chi connectivity index (χ2n) is 7.51. The van der Waals surface area contributed by atoms with E-state index in [4.69, 9.17) is 0 Å². The van der Waals surface area contributed by atoms with E-state index in [0.29, 0.717) is 19.5 Å². The monoisotopic (exact) mass is 453 g/mol. The number of quaternary nitrogens is 1. The predicted octanol–water partition coefficient (Wildman–Crippen LogP) is 1.87. The Bertz CT molecular complexity index is 1220. The number of rotatable bonds is 6. The number of amides is 1. The lowest BCUT2D eigenvalue weighted by molar-refractivity contribution is -0.991. The number of anilines is 1. The van der Waals surface area contributed by atoms with Gasteiger partial charge in [0.2, 0.25) is 5.91 Å². The van der Waals surface area contributed by atoms with Gasteiger partial charge in [-0.2, -0.15) is 5.23 Å². The molecule has 0 fully saturated rings. The largest absolute Gasteiger partial charge is 0.595 e. The molecular formula is C23H23N3O5S. The van der Waals surface area contributed by atoms with Crippen molar-refractivity contribution in [1.29, 1.82) is 0 Å². The normalized spacial score (nSPS) is 14.5. The fraction of sp³-hybridized carbons (Fsp3) is 0.174. The highest BCUT2D eigenvalue weighted by Gasteiger charge is 2.30. The van der Waals surface area contributed by atoms with Crippen LogP contribution in [0.1, 0.15) is 11.1 Å². The van der Waals surface area contributed by atoms with E-state index in [1.807, 2.05) is 24.3 Å². The number of hydrogen-bond acceptors (Lipinski definition) is 5. The summed E-state index contributed by atoms with van der Waals surface area (Å²) in [5, 5.41) is 19.6. The van der Waals surface area contributed by atoms with Crippen LogP contribution < -0.4 is 9.53 Å². The highest BCUT2D eigenvalue weighted by molar-refractivity contribution is 7.92. The molecule has 32 heavy (non-hydrogen) atoms. The number of sulfonamides is 1. The third kappa shape index (κ3) is 4.51. The van der Waals surface area contributed by atoms with E-state index in [-0.39, 0.29) is 22.2 Å². The molecule has 0 saturated carbocycles. The first kappa shape index (κ1) is 22.0. The average molecular weight is 454 g/mol. The van der Waals surface area contributed by atoms with Gasteiger partial charge in [-0.3, -0.25) is 9.10 Å². The molecule has 1 unspecified atom stereocenters. The summed E-state index contributed by atoms with van der Waals surface area (Å²) >= 11 is 0. The highest BCUT2D eigenvalue weighted by Crippen LogP contribution is 2.26. The zero-order valence-electron chi connectivity index (χ0n) is 17.2. The first-order valence-electron chi connectivity index (χ1n) is 10.1. The van der Waals surface area contributed by atoms with E-state index < -0.39 is 21.8 Å². The van der Waals surface area contributed by atoms with E-state index in [9.17, 15) is 23.6 Å². The van der Waals surface area contributed by atoms with Gasteiger partial charge < -0.3 is 10.1 Å². The zero-order chi connectivity index (χ0) is 22.7. The molecule has 1 aliphatic rings. The van der Waals surface area contributed by atoms with Gasteiger partial charge in [-0.05, 0) is 35.7 Å². The van der Waals surface area contributed by atoms with Gasteiger partial charge in [-0.1, -0.05) is 48.5 Å². The molecule has 166 valence electrons. The van der Waals surface area contributed by atoms with E-state index in [0.717, 1.165) is 9.87 Å². The lowest BCUT2D eigenvalue weighted by atomic mass is 10.00. The van der Waals surface area contributed by atoms with E-state index in [1.54, 1.807) is 23.1 Å². The van der Waals surface area contributed by atoms with Crippen molar-refractivity contribution in [2.75, 3.05) is 17.4 Å². The number of benzene rings is 3. The smallest absolute Gasteiger partial charge is 0.264 e.